The smallest absolute Gasteiger partial charge is 0.217 e. The number of nitrogens with zero attached hydrogens (tertiary/aromatic N) is 1. The highest BCUT2D eigenvalue weighted by atomic mass is 16.5. The topological polar surface area (TPSA) is 31.4 Å². The van der Waals surface area contributed by atoms with Crippen LogP contribution in [0.3, 0.4) is 0 Å². The Hall–Kier alpha value is -2.55. The average molecular weight is 307 g/mol. The number of hydrogen-bond donors (Lipinski definition) is 0. The molecule has 0 saturated heterocycles. The number of benzene rings is 2. The highest BCUT2D eigenvalue weighted by Crippen LogP contribution is 2.34. The van der Waals surface area contributed by atoms with Crippen LogP contribution < -0.4 is 9.47 Å². The van der Waals surface area contributed by atoms with E-state index in [1.807, 2.05) is 12.1 Å². The van der Waals surface area contributed by atoms with Gasteiger partial charge in [0.05, 0.1) is 19.7 Å². The maximum atomic E-state index is 5.52. The third kappa shape index (κ3) is 2.74. The van der Waals surface area contributed by atoms with Crippen LogP contribution in [0.5, 0.6) is 11.6 Å². The van der Waals surface area contributed by atoms with Crippen LogP contribution in [0.25, 0.3) is 22.0 Å². The van der Waals surface area contributed by atoms with Crippen LogP contribution in [-0.4, -0.2) is 19.2 Å². The zero-order chi connectivity index (χ0) is 16.6. The van der Waals surface area contributed by atoms with Crippen molar-refractivity contribution in [1.82, 2.24) is 4.98 Å². The number of hydrogen-bond acceptors (Lipinski definition) is 3. The SMILES string of the molecule is COc1cc(OC)c2cc(-c3c(C)cc(C)cc3C)ccc2n1. The van der Waals surface area contributed by atoms with E-state index in [0.717, 1.165) is 16.7 Å². The standard InChI is InChI=1S/C20H21NO2/c1-12-8-13(2)20(14(3)9-12)15-6-7-17-16(10-15)18(22-4)11-19(21-17)23-5/h6-11H,1-5H3. The third-order valence-electron chi connectivity index (χ3n) is 4.14. The molecule has 3 heteroatoms. The molecule has 0 aliphatic heterocycles. The van der Waals surface area contributed by atoms with E-state index in [-0.39, 0.29) is 0 Å². The minimum Gasteiger partial charge on any atom is -0.496 e. The van der Waals surface area contributed by atoms with E-state index in [1.54, 1.807) is 14.2 Å². The van der Waals surface area contributed by atoms with Crippen molar-refractivity contribution in [2.75, 3.05) is 14.2 Å². The Balaban J connectivity index is 2.25. The lowest BCUT2D eigenvalue weighted by Crippen LogP contribution is -1.94. The fourth-order valence-electron chi connectivity index (χ4n) is 3.24. The van der Waals surface area contributed by atoms with E-state index in [0.29, 0.717) is 5.88 Å². The van der Waals surface area contributed by atoms with Gasteiger partial charge in [0.1, 0.15) is 5.75 Å². The number of methoxy groups -OCH3 is 2. The third-order valence-corrected chi connectivity index (χ3v) is 4.14. The van der Waals surface area contributed by atoms with Crippen LogP contribution in [0.2, 0.25) is 0 Å². The zero-order valence-electron chi connectivity index (χ0n) is 14.2. The summed E-state index contributed by atoms with van der Waals surface area (Å²) in [7, 11) is 3.28. The Labute approximate surface area is 136 Å². The molecule has 3 nitrogen and oxygen atoms in total. The van der Waals surface area contributed by atoms with Crippen LogP contribution in [-0.2, 0) is 0 Å². The van der Waals surface area contributed by atoms with E-state index in [9.17, 15) is 0 Å². The summed E-state index contributed by atoms with van der Waals surface area (Å²) in [6.07, 6.45) is 0. The predicted octanol–water partition coefficient (Wildman–Crippen LogP) is 4.84. The van der Waals surface area contributed by atoms with Gasteiger partial charge in [-0.2, -0.15) is 0 Å². The molecule has 0 radical (unpaired) electrons. The molecule has 3 rings (SSSR count). The predicted molar refractivity (Wildman–Crippen MR) is 94.5 cm³/mol. The molecule has 0 unspecified atom stereocenters. The van der Waals surface area contributed by atoms with Gasteiger partial charge >= 0.3 is 0 Å². The van der Waals surface area contributed by atoms with Crippen molar-refractivity contribution in [3.8, 4) is 22.8 Å². The van der Waals surface area contributed by atoms with Gasteiger partial charge < -0.3 is 9.47 Å². The first kappa shape index (κ1) is 15.3. The number of aromatic nitrogens is 1. The summed E-state index contributed by atoms with van der Waals surface area (Å²) in [6, 6.07) is 12.5. The molecule has 1 aromatic heterocycles. The fraction of sp³-hybridized carbons (Fsp3) is 0.250. The van der Waals surface area contributed by atoms with Crippen molar-refractivity contribution in [3.05, 3.63) is 53.1 Å². The molecule has 2 aromatic carbocycles. The van der Waals surface area contributed by atoms with Crippen LogP contribution in [0.15, 0.2) is 36.4 Å². The second-order valence-corrected chi connectivity index (χ2v) is 5.87. The maximum Gasteiger partial charge on any atom is 0.217 e. The van der Waals surface area contributed by atoms with E-state index in [4.69, 9.17) is 9.47 Å². The second-order valence-electron chi connectivity index (χ2n) is 5.87. The van der Waals surface area contributed by atoms with Crippen molar-refractivity contribution >= 4 is 10.9 Å². The normalized spacial score (nSPS) is 10.8. The monoisotopic (exact) mass is 307 g/mol. The van der Waals surface area contributed by atoms with Gasteiger partial charge in [0.2, 0.25) is 5.88 Å². The molecule has 0 atom stereocenters. The van der Waals surface area contributed by atoms with Crippen molar-refractivity contribution < 1.29 is 9.47 Å². The summed E-state index contributed by atoms with van der Waals surface area (Å²) >= 11 is 0. The molecular formula is C20H21NO2. The molecule has 23 heavy (non-hydrogen) atoms. The van der Waals surface area contributed by atoms with Crippen molar-refractivity contribution in [1.29, 1.82) is 0 Å². The number of rotatable bonds is 3. The molecule has 118 valence electrons. The van der Waals surface area contributed by atoms with Crippen molar-refractivity contribution in [3.63, 3.8) is 0 Å². The molecule has 0 aliphatic carbocycles. The molecule has 0 amide bonds. The second kappa shape index (κ2) is 5.92. The first-order chi connectivity index (χ1) is 11.0. The van der Waals surface area contributed by atoms with Gasteiger partial charge in [-0.1, -0.05) is 23.8 Å². The molecule has 3 aromatic rings. The van der Waals surface area contributed by atoms with Crippen LogP contribution in [0.4, 0.5) is 0 Å². The van der Waals surface area contributed by atoms with E-state index in [2.05, 4.69) is 50.0 Å². The Morgan fingerprint density at radius 3 is 2.13 bits per heavy atom. The quantitative estimate of drug-likeness (QED) is 0.693. The molecule has 1 heterocycles. The zero-order valence-corrected chi connectivity index (χ0v) is 14.2. The van der Waals surface area contributed by atoms with Crippen molar-refractivity contribution in [2.24, 2.45) is 0 Å². The number of pyridine rings is 1. The summed E-state index contributed by atoms with van der Waals surface area (Å²) in [6.45, 7) is 6.44. The largest absolute Gasteiger partial charge is 0.496 e. The summed E-state index contributed by atoms with van der Waals surface area (Å²) in [4.78, 5) is 4.49. The molecule has 0 bridgehead atoms. The summed E-state index contributed by atoms with van der Waals surface area (Å²) in [5.74, 6) is 1.33. The van der Waals surface area contributed by atoms with Gasteiger partial charge in [0.25, 0.3) is 0 Å². The maximum absolute atomic E-state index is 5.52. The van der Waals surface area contributed by atoms with Gasteiger partial charge in [-0.3, -0.25) is 0 Å². The fourth-order valence-corrected chi connectivity index (χ4v) is 3.24. The van der Waals surface area contributed by atoms with E-state index in [1.165, 1.54) is 27.8 Å². The lowest BCUT2D eigenvalue weighted by Gasteiger charge is -2.14. The van der Waals surface area contributed by atoms with Gasteiger partial charge in [-0.05, 0) is 55.2 Å². The van der Waals surface area contributed by atoms with E-state index < -0.39 is 0 Å². The molecule has 0 spiro atoms. The molecule has 0 aliphatic rings. The van der Waals surface area contributed by atoms with Gasteiger partial charge in [-0.15, -0.1) is 0 Å². The molecular weight excluding hydrogens is 286 g/mol. The van der Waals surface area contributed by atoms with Gasteiger partial charge in [0.15, 0.2) is 0 Å². The highest BCUT2D eigenvalue weighted by Gasteiger charge is 2.11. The first-order valence-corrected chi connectivity index (χ1v) is 7.64. The minimum absolute atomic E-state index is 0.560. The van der Waals surface area contributed by atoms with Crippen LogP contribution >= 0.6 is 0 Å². The Bertz CT molecular complexity index is 861. The van der Waals surface area contributed by atoms with E-state index >= 15 is 0 Å². The summed E-state index contributed by atoms with van der Waals surface area (Å²) < 4.78 is 10.8. The number of aryl methyl sites for hydroxylation is 3. The Morgan fingerprint density at radius 1 is 0.826 bits per heavy atom. The molecule has 0 N–H and O–H groups in total. The van der Waals surface area contributed by atoms with Crippen LogP contribution in [0, 0.1) is 20.8 Å². The highest BCUT2D eigenvalue weighted by molar-refractivity contribution is 5.91. The lowest BCUT2D eigenvalue weighted by atomic mass is 9.93. The summed E-state index contributed by atoms with van der Waals surface area (Å²) in [5, 5.41) is 0.991. The molecule has 0 fully saturated rings. The average Bonchev–Trinajstić information content (AvgIpc) is 2.52. The lowest BCUT2D eigenvalue weighted by molar-refractivity contribution is 0.386. The summed E-state index contributed by atoms with van der Waals surface area (Å²) in [5.41, 5.74) is 7.17. The Morgan fingerprint density at radius 2 is 1.52 bits per heavy atom. The minimum atomic E-state index is 0.560. The molecule has 0 saturated carbocycles. The number of ether oxygens (including phenoxy) is 2. The van der Waals surface area contributed by atoms with Gasteiger partial charge in [-0.25, -0.2) is 4.98 Å². The van der Waals surface area contributed by atoms with Crippen molar-refractivity contribution in [2.45, 2.75) is 20.8 Å². The van der Waals surface area contributed by atoms with Crippen LogP contribution in [0.1, 0.15) is 16.7 Å². The first-order valence-electron chi connectivity index (χ1n) is 7.64. The number of fused-ring (bicyclic) bond motifs is 1. The Kier molecular flexibility index (Phi) is 3.95. The van der Waals surface area contributed by atoms with Gasteiger partial charge in [0, 0.05) is 11.5 Å².